The van der Waals surface area contributed by atoms with Crippen LogP contribution >= 0.6 is 0 Å². The van der Waals surface area contributed by atoms with E-state index in [0.717, 1.165) is 25.7 Å². The Morgan fingerprint density at radius 2 is 1.90 bits per heavy atom. The molecule has 3 N–H and O–H groups in total. The summed E-state index contributed by atoms with van der Waals surface area (Å²) < 4.78 is 0. The van der Waals surface area contributed by atoms with Gasteiger partial charge in [-0.05, 0) is 25.2 Å². The Morgan fingerprint density at radius 1 is 1.25 bits per heavy atom. The molecule has 5 heteroatoms. The molecule has 116 valence electrons. The molecule has 1 fully saturated rings. The molecule has 0 aromatic rings. The van der Waals surface area contributed by atoms with Gasteiger partial charge in [-0.3, -0.25) is 9.59 Å². The van der Waals surface area contributed by atoms with E-state index in [0.29, 0.717) is 18.9 Å². The van der Waals surface area contributed by atoms with Gasteiger partial charge in [0.25, 0.3) is 0 Å². The second-order valence-corrected chi connectivity index (χ2v) is 6.24. The Bertz CT molecular complexity index is 331. The largest absolute Gasteiger partial charge is 0.393 e. The molecule has 1 aliphatic rings. The van der Waals surface area contributed by atoms with Crippen LogP contribution in [0.15, 0.2) is 0 Å². The van der Waals surface area contributed by atoms with Gasteiger partial charge in [-0.2, -0.15) is 0 Å². The average Bonchev–Trinajstić information content (AvgIpc) is 2.35. The SMILES string of the molecule is CC(=O)N[C@@H](CC(C)C)C(=O)NC[C@H]1CCCC[C@H]1O. The maximum atomic E-state index is 12.2. The normalized spacial score (nSPS) is 24.2. The van der Waals surface area contributed by atoms with Gasteiger partial charge in [0.2, 0.25) is 11.8 Å². The molecule has 0 saturated heterocycles. The van der Waals surface area contributed by atoms with E-state index in [-0.39, 0.29) is 23.8 Å². The lowest BCUT2D eigenvalue weighted by Gasteiger charge is -2.28. The van der Waals surface area contributed by atoms with Crippen molar-refractivity contribution in [2.75, 3.05) is 6.54 Å². The molecule has 0 radical (unpaired) electrons. The second kappa shape index (κ2) is 8.25. The van der Waals surface area contributed by atoms with Crippen LogP contribution in [-0.2, 0) is 9.59 Å². The summed E-state index contributed by atoms with van der Waals surface area (Å²) in [6.07, 6.45) is 4.26. The Balaban J connectivity index is 2.45. The fourth-order valence-corrected chi connectivity index (χ4v) is 2.73. The van der Waals surface area contributed by atoms with Crippen molar-refractivity contribution in [1.29, 1.82) is 0 Å². The van der Waals surface area contributed by atoms with Crippen LogP contribution in [-0.4, -0.2) is 35.6 Å². The highest BCUT2D eigenvalue weighted by Gasteiger charge is 2.25. The highest BCUT2D eigenvalue weighted by Crippen LogP contribution is 2.23. The van der Waals surface area contributed by atoms with Crippen molar-refractivity contribution in [3.05, 3.63) is 0 Å². The van der Waals surface area contributed by atoms with E-state index >= 15 is 0 Å². The van der Waals surface area contributed by atoms with Crippen LogP contribution in [0.1, 0.15) is 52.9 Å². The minimum absolute atomic E-state index is 0.143. The first-order valence-corrected chi connectivity index (χ1v) is 7.63. The van der Waals surface area contributed by atoms with Gasteiger partial charge in [-0.15, -0.1) is 0 Å². The van der Waals surface area contributed by atoms with Gasteiger partial charge >= 0.3 is 0 Å². The van der Waals surface area contributed by atoms with Crippen LogP contribution in [0, 0.1) is 11.8 Å². The number of aliphatic hydroxyl groups is 1. The molecule has 1 aliphatic carbocycles. The van der Waals surface area contributed by atoms with E-state index in [9.17, 15) is 14.7 Å². The third kappa shape index (κ3) is 5.90. The van der Waals surface area contributed by atoms with Gasteiger partial charge in [0, 0.05) is 19.4 Å². The standard InChI is InChI=1S/C15H28N2O3/c1-10(2)8-13(17-11(3)18)15(20)16-9-12-6-4-5-7-14(12)19/h10,12-14,19H,4-9H2,1-3H3,(H,16,20)(H,17,18)/t12-,13+,14-/m1/s1. The number of hydrogen-bond donors (Lipinski definition) is 3. The number of aliphatic hydroxyl groups excluding tert-OH is 1. The first kappa shape index (κ1) is 17.0. The third-order valence-corrected chi connectivity index (χ3v) is 3.81. The lowest BCUT2D eigenvalue weighted by Crippen LogP contribution is -2.48. The van der Waals surface area contributed by atoms with Crippen LogP contribution in [0.2, 0.25) is 0 Å². The number of amides is 2. The summed E-state index contributed by atoms with van der Waals surface area (Å²) in [6.45, 7) is 5.96. The lowest BCUT2D eigenvalue weighted by molar-refractivity contribution is -0.128. The molecule has 1 saturated carbocycles. The maximum absolute atomic E-state index is 12.2. The molecule has 1 rings (SSSR count). The number of carbonyl (C=O) groups excluding carboxylic acids is 2. The number of carbonyl (C=O) groups is 2. The van der Waals surface area contributed by atoms with E-state index in [1.165, 1.54) is 6.92 Å². The number of rotatable bonds is 6. The Morgan fingerprint density at radius 3 is 2.45 bits per heavy atom. The zero-order valence-corrected chi connectivity index (χ0v) is 12.8. The maximum Gasteiger partial charge on any atom is 0.242 e. The summed E-state index contributed by atoms with van der Waals surface area (Å²) in [5.74, 6) is 0.137. The lowest BCUT2D eigenvalue weighted by atomic mass is 9.86. The summed E-state index contributed by atoms with van der Waals surface area (Å²) in [4.78, 5) is 23.3. The molecule has 3 atom stereocenters. The Kier molecular flexibility index (Phi) is 6.99. The molecule has 0 aliphatic heterocycles. The minimum atomic E-state index is -0.478. The van der Waals surface area contributed by atoms with Crippen molar-refractivity contribution in [2.24, 2.45) is 11.8 Å². The third-order valence-electron chi connectivity index (χ3n) is 3.81. The fourth-order valence-electron chi connectivity index (χ4n) is 2.73. The topological polar surface area (TPSA) is 78.4 Å². The van der Waals surface area contributed by atoms with E-state index in [4.69, 9.17) is 0 Å². The molecule has 0 unspecified atom stereocenters. The van der Waals surface area contributed by atoms with Crippen molar-refractivity contribution >= 4 is 11.8 Å². The molecular weight excluding hydrogens is 256 g/mol. The number of nitrogens with one attached hydrogen (secondary N) is 2. The molecular formula is C15H28N2O3. The molecule has 0 aromatic heterocycles. The smallest absolute Gasteiger partial charge is 0.242 e. The quantitative estimate of drug-likeness (QED) is 0.686. The van der Waals surface area contributed by atoms with E-state index in [1.54, 1.807) is 0 Å². The van der Waals surface area contributed by atoms with Crippen molar-refractivity contribution in [2.45, 2.75) is 65.0 Å². The fraction of sp³-hybridized carbons (Fsp3) is 0.867. The summed E-state index contributed by atoms with van der Waals surface area (Å²) in [5, 5.41) is 15.5. The molecule has 0 heterocycles. The van der Waals surface area contributed by atoms with Crippen LogP contribution in [0.4, 0.5) is 0 Å². The summed E-state index contributed by atoms with van der Waals surface area (Å²) in [5.41, 5.74) is 0. The van der Waals surface area contributed by atoms with Gasteiger partial charge in [0.15, 0.2) is 0 Å². The summed E-state index contributed by atoms with van der Waals surface area (Å²) in [7, 11) is 0. The van der Waals surface area contributed by atoms with Crippen molar-refractivity contribution < 1.29 is 14.7 Å². The van der Waals surface area contributed by atoms with Crippen molar-refractivity contribution in [3.8, 4) is 0 Å². The highest BCUT2D eigenvalue weighted by molar-refractivity contribution is 5.86. The molecule has 20 heavy (non-hydrogen) atoms. The number of hydrogen-bond acceptors (Lipinski definition) is 3. The van der Waals surface area contributed by atoms with Crippen molar-refractivity contribution in [3.63, 3.8) is 0 Å². The van der Waals surface area contributed by atoms with Crippen LogP contribution in [0.5, 0.6) is 0 Å². The van der Waals surface area contributed by atoms with Gasteiger partial charge < -0.3 is 15.7 Å². The second-order valence-electron chi connectivity index (χ2n) is 6.24. The predicted molar refractivity (Wildman–Crippen MR) is 78.0 cm³/mol. The summed E-state index contributed by atoms with van der Waals surface area (Å²) >= 11 is 0. The van der Waals surface area contributed by atoms with Gasteiger partial charge in [-0.1, -0.05) is 26.7 Å². The summed E-state index contributed by atoms with van der Waals surface area (Å²) in [6, 6.07) is -0.478. The van der Waals surface area contributed by atoms with Gasteiger partial charge in [0.05, 0.1) is 6.10 Å². The van der Waals surface area contributed by atoms with E-state index in [2.05, 4.69) is 10.6 Å². The predicted octanol–water partition coefficient (Wildman–Crippen LogP) is 1.20. The minimum Gasteiger partial charge on any atom is -0.393 e. The zero-order chi connectivity index (χ0) is 15.1. The average molecular weight is 284 g/mol. The zero-order valence-electron chi connectivity index (χ0n) is 12.8. The first-order chi connectivity index (χ1) is 9.40. The van der Waals surface area contributed by atoms with Crippen molar-refractivity contribution in [1.82, 2.24) is 10.6 Å². The molecule has 2 amide bonds. The highest BCUT2D eigenvalue weighted by atomic mass is 16.3. The van der Waals surface area contributed by atoms with E-state index < -0.39 is 6.04 Å². The van der Waals surface area contributed by atoms with Crippen LogP contribution < -0.4 is 10.6 Å². The molecule has 5 nitrogen and oxygen atoms in total. The molecule has 0 aromatic carbocycles. The van der Waals surface area contributed by atoms with Crippen LogP contribution in [0.3, 0.4) is 0 Å². The Hall–Kier alpha value is -1.10. The Labute approximate surface area is 121 Å². The molecule has 0 bridgehead atoms. The monoisotopic (exact) mass is 284 g/mol. The molecule has 0 spiro atoms. The van der Waals surface area contributed by atoms with E-state index in [1.807, 2.05) is 13.8 Å². The van der Waals surface area contributed by atoms with Gasteiger partial charge in [0.1, 0.15) is 6.04 Å². The van der Waals surface area contributed by atoms with Gasteiger partial charge in [-0.25, -0.2) is 0 Å². The first-order valence-electron chi connectivity index (χ1n) is 7.63. The van der Waals surface area contributed by atoms with Crippen LogP contribution in [0.25, 0.3) is 0 Å².